The summed E-state index contributed by atoms with van der Waals surface area (Å²) in [6, 6.07) is 38.6. The first-order valence-electron chi connectivity index (χ1n) is 15.9. The number of hydrogen-bond donors (Lipinski definition) is 0. The number of hydrogen-bond acceptors (Lipinski definition) is 3. The van der Waals surface area contributed by atoms with Gasteiger partial charge in [0, 0.05) is 31.7 Å². The Kier molecular flexibility index (Phi) is 9.05. The number of aromatic nitrogens is 2. The van der Waals surface area contributed by atoms with Gasteiger partial charge < -0.3 is 9.40 Å². The zero-order chi connectivity index (χ0) is 32.2. The number of fused-ring (bicyclic) bond motifs is 6. The fourth-order valence-electron chi connectivity index (χ4n) is 6.44. The molecule has 0 aliphatic carbocycles. The summed E-state index contributed by atoms with van der Waals surface area (Å²) in [5.41, 5.74) is 10.9. The summed E-state index contributed by atoms with van der Waals surface area (Å²) < 4.78 is 7.90. The van der Waals surface area contributed by atoms with Crippen molar-refractivity contribution in [3.05, 3.63) is 127 Å². The maximum Gasteiger partial charge on any atom is 0 e. The van der Waals surface area contributed by atoms with Crippen molar-refractivity contribution >= 4 is 58.0 Å². The van der Waals surface area contributed by atoms with Crippen molar-refractivity contribution < 1.29 is 24.5 Å². The van der Waals surface area contributed by atoms with Gasteiger partial charge in [-0.1, -0.05) is 66.0 Å². The fraction of sp³-hybridized carbons (Fsp3) is 0.171. The predicted molar refractivity (Wildman–Crippen MR) is 199 cm³/mol. The second kappa shape index (κ2) is 12.8. The van der Waals surface area contributed by atoms with Crippen molar-refractivity contribution in [3.8, 4) is 33.6 Å². The van der Waals surface area contributed by atoms with E-state index in [0.29, 0.717) is 0 Å². The Morgan fingerprint density at radius 3 is 2.15 bits per heavy atom. The van der Waals surface area contributed by atoms with E-state index in [4.69, 9.17) is 4.42 Å². The predicted octanol–water partition coefficient (Wildman–Crippen LogP) is 8.96. The summed E-state index contributed by atoms with van der Waals surface area (Å²) >= 11 is -1.72. The number of pyridine rings is 2. The van der Waals surface area contributed by atoms with Gasteiger partial charge in [-0.05, 0) is 52.7 Å². The molecule has 7 aromatic rings. The van der Waals surface area contributed by atoms with Crippen LogP contribution in [0.5, 0.6) is 0 Å². The second-order valence-electron chi connectivity index (χ2n) is 13.9. The van der Waals surface area contributed by atoms with Crippen molar-refractivity contribution in [2.24, 2.45) is 0 Å². The minimum absolute atomic E-state index is 0. The molecule has 6 heteroatoms. The van der Waals surface area contributed by atoms with Gasteiger partial charge in [-0.15, -0.1) is 18.2 Å². The molecule has 237 valence electrons. The van der Waals surface area contributed by atoms with Crippen LogP contribution in [0, 0.1) is 26.0 Å². The maximum atomic E-state index is 6.46. The van der Waals surface area contributed by atoms with E-state index in [2.05, 4.69) is 127 Å². The Hall–Kier alpha value is -3.61. The van der Waals surface area contributed by atoms with Crippen molar-refractivity contribution in [2.45, 2.75) is 44.2 Å². The Morgan fingerprint density at radius 2 is 1.45 bits per heavy atom. The van der Waals surface area contributed by atoms with Gasteiger partial charge in [0.25, 0.3) is 0 Å². The molecule has 8 rings (SSSR count). The number of benzene rings is 4. The monoisotopic (exact) mass is 869 g/mol. The summed E-state index contributed by atoms with van der Waals surface area (Å²) in [7, 11) is -1.71. The third kappa shape index (κ3) is 6.11. The maximum absolute atomic E-state index is 6.46. The molecule has 4 heterocycles. The molecule has 3 aromatic heterocycles. The Morgan fingerprint density at radius 1 is 0.681 bits per heavy atom. The summed E-state index contributed by atoms with van der Waals surface area (Å²) in [4.78, 5) is 9.19. The summed E-state index contributed by atoms with van der Waals surface area (Å²) in [6.07, 6.45) is 3.97. The van der Waals surface area contributed by atoms with Gasteiger partial charge in [-0.3, -0.25) is 0 Å². The number of furan rings is 1. The van der Waals surface area contributed by atoms with E-state index in [1.165, 1.54) is 42.4 Å². The smallest absolute Gasteiger partial charge is 0 e. The molecule has 1 aliphatic heterocycles. The van der Waals surface area contributed by atoms with Gasteiger partial charge in [-0.25, -0.2) is 0 Å². The van der Waals surface area contributed by atoms with Crippen LogP contribution in [0.1, 0.15) is 11.1 Å². The van der Waals surface area contributed by atoms with E-state index in [1.54, 1.807) is 0 Å². The summed E-state index contributed by atoms with van der Waals surface area (Å²) in [5, 5.41) is 5.35. The molecule has 0 amide bonds. The average molecular weight is 868 g/mol. The van der Waals surface area contributed by atoms with Gasteiger partial charge >= 0.3 is 99.8 Å². The SMILES string of the molecule is Cc1cnc(-c2[c-]ccc3c2oc2cc4c(cc23)[Si](C)(C)c2ccccc2-4)cc1C.[CH3][Ge]([CH3])([CH3])[c]1ccc(-c2[c-]cccc2)nc1.[Ir]. The Balaban J connectivity index is 0.000000194. The van der Waals surface area contributed by atoms with Crippen LogP contribution in [-0.4, -0.2) is 31.3 Å². The molecule has 0 N–H and O–H groups in total. The topological polar surface area (TPSA) is 38.9 Å². The van der Waals surface area contributed by atoms with Gasteiger partial charge in [0.1, 0.15) is 13.7 Å². The molecule has 0 saturated heterocycles. The van der Waals surface area contributed by atoms with E-state index in [1.807, 2.05) is 42.7 Å². The molecule has 0 spiro atoms. The van der Waals surface area contributed by atoms with Crippen LogP contribution in [-0.2, 0) is 20.1 Å². The van der Waals surface area contributed by atoms with Crippen LogP contribution in [0.2, 0.25) is 30.4 Å². The van der Waals surface area contributed by atoms with E-state index in [-0.39, 0.29) is 20.1 Å². The first kappa shape index (κ1) is 33.3. The van der Waals surface area contributed by atoms with Crippen LogP contribution in [0.3, 0.4) is 0 Å². The normalized spacial score (nSPS) is 13.0. The molecule has 0 saturated carbocycles. The molecule has 3 nitrogen and oxygen atoms in total. The van der Waals surface area contributed by atoms with Crippen LogP contribution < -0.4 is 14.8 Å². The number of aryl methyl sites for hydroxylation is 2. The molecule has 47 heavy (non-hydrogen) atoms. The van der Waals surface area contributed by atoms with Crippen molar-refractivity contribution in [1.82, 2.24) is 9.97 Å². The van der Waals surface area contributed by atoms with Gasteiger partial charge in [-0.2, -0.15) is 0 Å². The van der Waals surface area contributed by atoms with Crippen LogP contribution in [0.15, 0.2) is 108 Å². The standard InChI is InChI=1S/C27H22NOSi.C14H16GeN.Ir/c1-16-12-23(28-15-17(16)2)20-10-7-9-19-21-14-26-22(13-24(21)29-27(19)20)18-8-5-6-11-25(18)30(26,3)4;1-15(2,3)13-9-10-14(16-11-13)12-7-5-4-6-8-12;/h5-9,11-15H,1-4H3;4-7,9-11H,1-3H3;/q2*-1;. The fourth-order valence-corrected chi connectivity index (χ4v) is 11.7. The average Bonchev–Trinajstić information content (AvgIpc) is 3.53. The third-order valence-electron chi connectivity index (χ3n) is 9.38. The van der Waals surface area contributed by atoms with Gasteiger partial charge in [0.2, 0.25) is 0 Å². The Bertz CT molecular complexity index is 2240. The largest absolute Gasteiger partial charge is 0 e. The molecule has 1 aliphatic rings. The minimum atomic E-state index is -1.72. The van der Waals surface area contributed by atoms with Gasteiger partial charge in [0.15, 0.2) is 0 Å². The van der Waals surface area contributed by atoms with Crippen LogP contribution in [0.25, 0.3) is 55.6 Å². The van der Waals surface area contributed by atoms with Crippen molar-refractivity contribution in [3.63, 3.8) is 0 Å². The molecular formula is C41H38GeIrN2OSi-2. The van der Waals surface area contributed by atoms with Crippen LogP contribution >= 0.6 is 0 Å². The minimum Gasteiger partial charge on any atom is 0 e. The first-order chi connectivity index (χ1) is 22.0. The number of nitrogens with zero attached hydrogens (tertiary/aromatic N) is 2. The quantitative estimate of drug-likeness (QED) is 0.132. The van der Waals surface area contributed by atoms with E-state index in [9.17, 15) is 0 Å². The summed E-state index contributed by atoms with van der Waals surface area (Å²) in [5.74, 6) is 7.14. The van der Waals surface area contributed by atoms with Crippen molar-refractivity contribution in [2.75, 3.05) is 0 Å². The number of rotatable bonds is 3. The van der Waals surface area contributed by atoms with E-state index >= 15 is 0 Å². The first-order valence-corrected chi connectivity index (χ1v) is 26.3. The molecule has 1 radical (unpaired) electrons. The zero-order valence-corrected chi connectivity index (χ0v) is 33.4. The molecule has 0 bridgehead atoms. The molecular weight excluding hydrogens is 829 g/mol. The zero-order valence-electron chi connectivity index (χ0n) is 28.0. The van der Waals surface area contributed by atoms with Gasteiger partial charge in [0.05, 0.1) is 5.58 Å². The van der Waals surface area contributed by atoms with E-state index < -0.39 is 21.3 Å². The van der Waals surface area contributed by atoms with Crippen LogP contribution in [0.4, 0.5) is 0 Å². The summed E-state index contributed by atoms with van der Waals surface area (Å²) in [6.45, 7) is 9.10. The molecule has 0 atom stereocenters. The Labute approximate surface area is 295 Å². The van der Waals surface area contributed by atoms with Crippen molar-refractivity contribution in [1.29, 1.82) is 0 Å². The molecule has 4 aromatic carbocycles. The molecule has 0 fully saturated rings. The second-order valence-corrected chi connectivity index (χ2v) is 28.9. The van der Waals surface area contributed by atoms with E-state index in [0.717, 1.165) is 39.1 Å². The molecule has 0 unspecified atom stereocenters. The third-order valence-corrected chi connectivity index (χ3v) is 17.2.